The van der Waals surface area contributed by atoms with Gasteiger partial charge in [-0.15, -0.1) is 0 Å². The predicted molar refractivity (Wildman–Crippen MR) is 107 cm³/mol. The van der Waals surface area contributed by atoms with E-state index in [0.717, 1.165) is 5.56 Å². The molecule has 1 amide bonds. The standard InChI is InChI=1S/C22H23F2N3O2/c1-14(2)27(22(28)20-12-26(3)13-25-20)11-15-5-7-18(23)17(9-15)16-6-8-21(29-4)19(24)10-16/h5-10,12-14H,11H2,1-4H3. The zero-order valence-electron chi connectivity index (χ0n) is 16.8. The number of rotatable bonds is 6. The molecular formula is C22H23F2N3O2. The maximum Gasteiger partial charge on any atom is 0.274 e. The number of ether oxygens (including phenoxy) is 1. The maximum atomic E-state index is 14.4. The molecule has 0 saturated carbocycles. The third kappa shape index (κ3) is 4.45. The first-order valence-electron chi connectivity index (χ1n) is 9.21. The van der Waals surface area contributed by atoms with Crippen LogP contribution in [-0.2, 0) is 13.6 Å². The number of carbonyl (C=O) groups is 1. The van der Waals surface area contributed by atoms with E-state index in [1.54, 1.807) is 47.2 Å². The Labute approximate surface area is 168 Å². The number of hydrogen-bond acceptors (Lipinski definition) is 3. The van der Waals surface area contributed by atoms with Gasteiger partial charge >= 0.3 is 0 Å². The largest absolute Gasteiger partial charge is 0.494 e. The van der Waals surface area contributed by atoms with E-state index in [4.69, 9.17) is 4.74 Å². The lowest BCUT2D eigenvalue weighted by Crippen LogP contribution is -2.36. The summed E-state index contributed by atoms with van der Waals surface area (Å²) >= 11 is 0. The molecule has 0 aliphatic heterocycles. The van der Waals surface area contributed by atoms with E-state index >= 15 is 0 Å². The van der Waals surface area contributed by atoms with Gasteiger partial charge in [-0.3, -0.25) is 4.79 Å². The van der Waals surface area contributed by atoms with E-state index < -0.39 is 11.6 Å². The van der Waals surface area contributed by atoms with Gasteiger partial charge in [-0.25, -0.2) is 13.8 Å². The van der Waals surface area contributed by atoms with Crippen LogP contribution in [0, 0.1) is 11.6 Å². The van der Waals surface area contributed by atoms with Gasteiger partial charge in [-0.2, -0.15) is 0 Å². The van der Waals surface area contributed by atoms with Crippen molar-refractivity contribution >= 4 is 5.91 Å². The molecule has 152 valence electrons. The molecule has 2 aromatic carbocycles. The van der Waals surface area contributed by atoms with Gasteiger partial charge in [0.2, 0.25) is 0 Å². The SMILES string of the molecule is COc1ccc(-c2cc(CN(C(=O)c3cn(C)cn3)C(C)C)ccc2F)cc1F. The fourth-order valence-corrected chi connectivity index (χ4v) is 3.08. The van der Waals surface area contributed by atoms with Crippen LogP contribution in [0.5, 0.6) is 5.75 Å². The van der Waals surface area contributed by atoms with Gasteiger partial charge in [0.25, 0.3) is 5.91 Å². The second-order valence-corrected chi connectivity index (χ2v) is 7.11. The maximum absolute atomic E-state index is 14.4. The third-order valence-corrected chi connectivity index (χ3v) is 4.65. The van der Waals surface area contributed by atoms with E-state index in [0.29, 0.717) is 11.3 Å². The van der Waals surface area contributed by atoms with Crippen LogP contribution in [0.4, 0.5) is 8.78 Å². The smallest absolute Gasteiger partial charge is 0.274 e. The summed E-state index contributed by atoms with van der Waals surface area (Å²) in [6.45, 7) is 4.09. The minimum atomic E-state index is -0.566. The Morgan fingerprint density at radius 2 is 1.93 bits per heavy atom. The van der Waals surface area contributed by atoms with Crippen LogP contribution < -0.4 is 4.74 Å². The van der Waals surface area contributed by atoms with Crippen molar-refractivity contribution < 1.29 is 18.3 Å². The summed E-state index contributed by atoms with van der Waals surface area (Å²) < 4.78 is 35.1. The fraction of sp³-hybridized carbons (Fsp3) is 0.273. The molecule has 0 saturated heterocycles. The van der Waals surface area contributed by atoms with Crippen LogP contribution >= 0.6 is 0 Å². The van der Waals surface area contributed by atoms with Crippen molar-refractivity contribution in [3.8, 4) is 16.9 Å². The van der Waals surface area contributed by atoms with Gasteiger partial charge in [0, 0.05) is 31.4 Å². The van der Waals surface area contributed by atoms with Crippen molar-refractivity contribution in [2.75, 3.05) is 7.11 Å². The van der Waals surface area contributed by atoms with E-state index in [9.17, 15) is 13.6 Å². The number of hydrogen-bond donors (Lipinski definition) is 0. The van der Waals surface area contributed by atoms with Crippen molar-refractivity contribution in [3.63, 3.8) is 0 Å². The van der Waals surface area contributed by atoms with Crippen molar-refractivity contribution in [2.24, 2.45) is 7.05 Å². The highest BCUT2D eigenvalue weighted by atomic mass is 19.1. The van der Waals surface area contributed by atoms with Crippen molar-refractivity contribution in [1.82, 2.24) is 14.5 Å². The summed E-state index contributed by atoms with van der Waals surface area (Å²) in [5, 5.41) is 0. The highest BCUT2D eigenvalue weighted by molar-refractivity contribution is 5.92. The number of aryl methyl sites for hydroxylation is 1. The van der Waals surface area contributed by atoms with Crippen molar-refractivity contribution in [1.29, 1.82) is 0 Å². The van der Waals surface area contributed by atoms with Gasteiger partial charge < -0.3 is 14.2 Å². The number of amides is 1. The lowest BCUT2D eigenvalue weighted by atomic mass is 10.0. The van der Waals surface area contributed by atoms with Gasteiger partial charge in [0.05, 0.1) is 13.4 Å². The Bertz CT molecular complexity index is 1030. The molecule has 0 aliphatic rings. The number of benzene rings is 2. The molecule has 0 bridgehead atoms. The lowest BCUT2D eigenvalue weighted by molar-refractivity contribution is 0.0684. The van der Waals surface area contributed by atoms with Gasteiger partial charge in [-0.05, 0) is 49.2 Å². The summed E-state index contributed by atoms with van der Waals surface area (Å²) in [5.74, 6) is -1.14. The monoisotopic (exact) mass is 399 g/mol. The van der Waals surface area contributed by atoms with Crippen LogP contribution in [-0.4, -0.2) is 33.5 Å². The molecule has 0 spiro atoms. The third-order valence-electron chi connectivity index (χ3n) is 4.65. The summed E-state index contributed by atoms with van der Waals surface area (Å²) in [6.07, 6.45) is 3.23. The molecular weight excluding hydrogens is 376 g/mol. The van der Waals surface area contributed by atoms with Crippen molar-refractivity contribution in [2.45, 2.75) is 26.4 Å². The normalized spacial score (nSPS) is 11.0. The Morgan fingerprint density at radius 1 is 1.17 bits per heavy atom. The number of carbonyl (C=O) groups excluding carboxylic acids is 1. The number of aromatic nitrogens is 2. The molecule has 7 heteroatoms. The van der Waals surface area contributed by atoms with Crippen LogP contribution in [0.3, 0.4) is 0 Å². The first-order valence-corrected chi connectivity index (χ1v) is 9.21. The number of imidazole rings is 1. The summed E-state index contributed by atoms with van der Waals surface area (Å²) in [6, 6.07) is 8.80. The van der Waals surface area contributed by atoms with E-state index in [2.05, 4.69) is 4.98 Å². The first-order chi connectivity index (χ1) is 13.8. The Balaban J connectivity index is 1.91. The second kappa shape index (κ2) is 8.43. The zero-order chi connectivity index (χ0) is 21.1. The van der Waals surface area contributed by atoms with Crippen LogP contribution in [0.25, 0.3) is 11.1 Å². The van der Waals surface area contributed by atoms with E-state index in [-0.39, 0.29) is 29.8 Å². The lowest BCUT2D eigenvalue weighted by Gasteiger charge is -2.26. The number of methoxy groups -OCH3 is 1. The molecule has 3 rings (SSSR count). The average Bonchev–Trinajstić information content (AvgIpc) is 3.13. The highest BCUT2D eigenvalue weighted by Crippen LogP contribution is 2.29. The summed E-state index contributed by atoms with van der Waals surface area (Å²) in [7, 11) is 3.17. The Hall–Kier alpha value is -3.22. The molecule has 0 fully saturated rings. The Morgan fingerprint density at radius 3 is 2.52 bits per heavy atom. The van der Waals surface area contributed by atoms with Crippen LogP contribution in [0.1, 0.15) is 29.9 Å². The number of nitrogens with zero attached hydrogens (tertiary/aromatic N) is 3. The zero-order valence-corrected chi connectivity index (χ0v) is 16.8. The van der Waals surface area contributed by atoms with Gasteiger partial charge in [0.1, 0.15) is 11.5 Å². The molecule has 5 nitrogen and oxygen atoms in total. The minimum Gasteiger partial charge on any atom is -0.494 e. The molecule has 0 N–H and O–H groups in total. The molecule has 0 atom stereocenters. The quantitative estimate of drug-likeness (QED) is 0.616. The van der Waals surface area contributed by atoms with Gasteiger partial charge in [-0.1, -0.05) is 12.1 Å². The van der Waals surface area contributed by atoms with E-state index in [1.165, 1.54) is 25.3 Å². The van der Waals surface area contributed by atoms with E-state index in [1.807, 2.05) is 13.8 Å². The minimum absolute atomic E-state index is 0.0866. The topological polar surface area (TPSA) is 47.4 Å². The average molecular weight is 399 g/mol. The summed E-state index contributed by atoms with van der Waals surface area (Å²) in [4.78, 5) is 18.6. The molecule has 29 heavy (non-hydrogen) atoms. The highest BCUT2D eigenvalue weighted by Gasteiger charge is 2.21. The first kappa shape index (κ1) is 20.5. The fourth-order valence-electron chi connectivity index (χ4n) is 3.08. The van der Waals surface area contributed by atoms with Crippen molar-refractivity contribution in [3.05, 3.63) is 71.8 Å². The second-order valence-electron chi connectivity index (χ2n) is 7.11. The molecule has 0 radical (unpaired) electrons. The van der Waals surface area contributed by atoms with Crippen LogP contribution in [0.2, 0.25) is 0 Å². The number of halogens is 2. The van der Waals surface area contributed by atoms with Crippen LogP contribution in [0.15, 0.2) is 48.9 Å². The molecule has 1 heterocycles. The molecule has 1 aromatic heterocycles. The Kier molecular flexibility index (Phi) is 5.96. The molecule has 0 aliphatic carbocycles. The summed E-state index contributed by atoms with van der Waals surface area (Å²) in [5.41, 5.74) is 1.74. The predicted octanol–water partition coefficient (Wildman–Crippen LogP) is 4.42. The molecule has 0 unspecified atom stereocenters. The molecule has 3 aromatic rings. The van der Waals surface area contributed by atoms with Gasteiger partial charge in [0.15, 0.2) is 11.6 Å².